The molecule has 3 unspecified atom stereocenters. The molecule has 0 spiro atoms. The Morgan fingerprint density at radius 3 is 2.03 bits per heavy atom. The average molecular weight is 552 g/mol. The van der Waals surface area contributed by atoms with Gasteiger partial charge >= 0.3 is 19.8 Å². The molecular weight excluding hydrogens is 505 g/mol. The zero-order chi connectivity index (χ0) is 27.9. The molecule has 0 rings (SSSR count). The van der Waals surface area contributed by atoms with E-state index in [0.717, 1.165) is 38.5 Å². The van der Waals surface area contributed by atoms with Gasteiger partial charge in [0.05, 0.1) is 13.2 Å². The highest BCUT2D eigenvalue weighted by molar-refractivity contribution is 7.47. The van der Waals surface area contributed by atoms with Gasteiger partial charge in [0.1, 0.15) is 12.7 Å². The van der Waals surface area contributed by atoms with E-state index in [2.05, 4.69) is 38.2 Å². The number of aliphatic hydroxyl groups is 1. The number of phosphoric acid groups is 1. The summed E-state index contributed by atoms with van der Waals surface area (Å²) in [6.45, 7) is 1.85. The van der Waals surface area contributed by atoms with Crippen molar-refractivity contribution in [2.75, 3.05) is 19.8 Å². The monoisotopic (exact) mass is 551 g/mol. The van der Waals surface area contributed by atoms with Gasteiger partial charge in [-0.05, 0) is 32.1 Å². The Balaban J connectivity index is 4.05. The number of carbonyl (C=O) groups excluding carboxylic acids is 2. The first-order valence-corrected chi connectivity index (χ1v) is 14.7. The summed E-state index contributed by atoms with van der Waals surface area (Å²) in [5, 5.41) is 21.2. The van der Waals surface area contributed by atoms with Crippen molar-refractivity contribution in [3.8, 4) is 0 Å². The third kappa shape index (κ3) is 22.0. The molecule has 0 saturated heterocycles. The van der Waals surface area contributed by atoms with E-state index in [1.165, 1.54) is 25.7 Å². The van der Waals surface area contributed by atoms with Crippen LogP contribution in [-0.2, 0) is 32.7 Å². The van der Waals surface area contributed by atoms with Crippen LogP contribution in [0.1, 0.15) is 97.3 Å². The third-order valence-corrected chi connectivity index (χ3v) is 6.31. The van der Waals surface area contributed by atoms with Crippen molar-refractivity contribution in [3.63, 3.8) is 0 Å². The molecular formula is C25H46NO10P. The van der Waals surface area contributed by atoms with Crippen molar-refractivity contribution < 1.29 is 47.8 Å². The van der Waals surface area contributed by atoms with Gasteiger partial charge in [0.15, 0.2) is 6.04 Å². The SMILES string of the molecule is CCCCCC/C=C\CCCCCCCC(=O)NC(COP(=O)(O)OCC(O)COC(=O)CC)C(=O)O. The van der Waals surface area contributed by atoms with Crippen molar-refractivity contribution in [2.24, 2.45) is 0 Å². The fourth-order valence-electron chi connectivity index (χ4n) is 3.17. The number of ether oxygens (including phenoxy) is 1. The number of aliphatic carboxylic acids is 1. The Morgan fingerprint density at radius 2 is 1.43 bits per heavy atom. The smallest absolute Gasteiger partial charge is 0.472 e. The van der Waals surface area contributed by atoms with Crippen LogP contribution in [0.25, 0.3) is 0 Å². The predicted molar refractivity (Wildman–Crippen MR) is 139 cm³/mol. The molecule has 0 aliphatic heterocycles. The first-order valence-electron chi connectivity index (χ1n) is 13.2. The second kappa shape index (κ2) is 22.2. The Hall–Kier alpha value is -1.78. The minimum Gasteiger partial charge on any atom is -0.480 e. The van der Waals surface area contributed by atoms with Crippen LogP contribution in [0.5, 0.6) is 0 Å². The molecule has 0 aliphatic rings. The lowest BCUT2D eigenvalue weighted by molar-refractivity contribution is -0.146. The van der Waals surface area contributed by atoms with Crippen LogP contribution in [0.15, 0.2) is 12.2 Å². The topological polar surface area (TPSA) is 169 Å². The molecule has 0 aromatic rings. The standard InChI is InChI=1S/C25H46NO10P/c1-3-5-6-7-8-9-10-11-12-13-14-15-16-17-23(28)26-22(25(30)31)20-36-37(32,33)35-19-21(27)18-34-24(29)4-2/h9-10,21-22,27H,3-8,11-20H2,1-2H3,(H,26,28)(H,30,31)(H,32,33)/b10-9-. The molecule has 12 heteroatoms. The van der Waals surface area contributed by atoms with E-state index in [4.69, 9.17) is 0 Å². The second-order valence-electron chi connectivity index (χ2n) is 8.84. The summed E-state index contributed by atoms with van der Waals surface area (Å²) in [5.74, 6) is -2.49. The first kappa shape index (κ1) is 35.2. The minimum atomic E-state index is -4.71. The number of amides is 1. The molecule has 1 amide bonds. The van der Waals surface area contributed by atoms with E-state index < -0.39 is 57.6 Å². The van der Waals surface area contributed by atoms with E-state index in [9.17, 15) is 34.1 Å². The van der Waals surface area contributed by atoms with E-state index >= 15 is 0 Å². The number of carboxylic acids is 1. The fourth-order valence-corrected chi connectivity index (χ4v) is 3.94. The molecule has 3 atom stereocenters. The molecule has 216 valence electrons. The Morgan fingerprint density at radius 1 is 0.865 bits per heavy atom. The van der Waals surface area contributed by atoms with Crippen LogP contribution in [0.3, 0.4) is 0 Å². The van der Waals surface area contributed by atoms with E-state index in [1.54, 1.807) is 6.92 Å². The lowest BCUT2D eigenvalue weighted by Gasteiger charge is -2.18. The number of hydrogen-bond acceptors (Lipinski definition) is 8. The van der Waals surface area contributed by atoms with Crippen LogP contribution >= 0.6 is 7.82 Å². The van der Waals surface area contributed by atoms with Crippen LogP contribution in [0.2, 0.25) is 0 Å². The summed E-state index contributed by atoms with van der Waals surface area (Å²) in [6, 6.07) is -1.54. The number of aliphatic hydroxyl groups excluding tert-OH is 1. The normalized spacial score (nSPS) is 14.7. The largest absolute Gasteiger partial charge is 0.480 e. The second-order valence-corrected chi connectivity index (χ2v) is 10.3. The number of rotatable bonds is 24. The Labute approximate surface area is 220 Å². The first-order chi connectivity index (χ1) is 17.6. The zero-order valence-electron chi connectivity index (χ0n) is 22.3. The molecule has 11 nitrogen and oxygen atoms in total. The van der Waals surface area contributed by atoms with Gasteiger partial charge < -0.3 is 25.2 Å². The van der Waals surface area contributed by atoms with Gasteiger partial charge in [-0.25, -0.2) is 9.36 Å². The summed E-state index contributed by atoms with van der Waals surface area (Å²) in [7, 11) is -4.71. The zero-order valence-corrected chi connectivity index (χ0v) is 23.2. The summed E-state index contributed by atoms with van der Waals surface area (Å²) < 4.78 is 25.8. The number of unbranched alkanes of at least 4 members (excludes halogenated alkanes) is 9. The van der Waals surface area contributed by atoms with Gasteiger partial charge in [0.25, 0.3) is 0 Å². The van der Waals surface area contributed by atoms with E-state index in [0.29, 0.717) is 6.42 Å². The maximum Gasteiger partial charge on any atom is 0.472 e. The summed E-state index contributed by atoms with van der Waals surface area (Å²) in [4.78, 5) is 44.2. The van der Waals surface area contributed by atoms with Gasteiger partial charge in [-0.3, -0.25) is 18.6 Å². The number of esters is 1. The quantitative estimate of drug-likeness (QED) is 0.0588. The van der Waals surface area contributed by atoms with Crippen molar-refractivity contribution in [1.29, 1.82) is 0 Å². The highest BCUT2D eigenvalue weighted by atomic mass is 31.2. The number of allylic oxidation sites excluding steroid dienone is 2. The average Bonchev–Trinajstić information content (AvgIpc) is 2.86. The molecule has 4 N–H and O–H groups in total. The lowest BCUT2D eigenvalue weighted by Crippen LogP contribution is -2.43. The van der Waals surface area contributed by atoms with Crippen LogP contribution in [-0.4, -0.2) is 64.9 Å². The van der Waals surface area contributed by atoms with Gasteiger partial charge in [-0.2, -0.15) is 0 Å². The van der Waals surface area contributed by atoms with Crippen molar-refractivity contribution in [2.45, 2.75) is 109 Å². The number of phosphoric ester groups is 1. The molecule has 0 heterocycles. The van der Waals surface area contributed by atoms with Gasteiger partial charge in [-0.15, -0.1) is 0 Å². The molecule has 37 heavy (non-hydrogen) atoms. The van der Waals surface area contributed by atoms with Gasteiger partial charge in [0, 0.05) is 12.8 Å². The van der Waals surface area contributed by atoms with Crippen LogP contribution in [0, 0.1) is 0 Å². The molecule has 0 aromatic heterocycles. The van der Waals surface area contributed by atoms with Crippen molar-refractivity contribution in [1.82, 2.24) is 5.32 Å². The van der Waals surface area contributed by atoms with Crippen molar-refractivity contribution in [3.05, 3.63) is 12.2 Å². The molecule has 0 aromatic carbocycles. The molecule has 0 saturated carbocycles. The molecule has 0 radical (unpaired) electrons. The van der Waals surface area contributed by atoms with Crippen LogP contribution < -0.4 is 5.32 Å². The Kier molecular flexibility index (Phi) is 21.2. The minimum absolute atomic E-state index is 0.106. The number of carbonyl (C=O) groups is 3. The summed E-state index contributed by atoms with van der Waals surface area (Å²) in [5.41, 5.74) is 0. The lowest BCUT2D eigenvalue weighted by atomic mass is 10.1. The van der Waals surface area contributed by atoms with E-state index in [1.807, 2.05) is 0 Å². The number of nitrogens with one attached hydrogen (secondary N) is 1. The number of hydrogen-bond donors (Lipinski definition) is 4. The molecule has 0 bridgehead atoms. The van der Waals surface area contributed by atoms with Crippen molar-refractivity contribution >= 4 is 25.7 Å². The highest BCUT2D eigenvalue weighted by Gasteiger charge is 2.28. The summed E-state index contributed by atoms with van der Waals surface area (Å²) >= 11 is 0. The molecule has 0 fully saturated rings. The maximum absolute atomic E-state index is 12.1. The van der Waals surface area contributed by atoms with Crippen LogP contribution in [0.4, 0.5) is 0 Å². The third-order valence-electron chi connectivity index (χ3n) is 5.36. The highest BCUT2D eigenvalue weighted by Crippen LogP contribution is 2.43. The summed E-state index contributed by atoms with van der Waals surface area (Å²) in [6.07, 6.45) is 15.2. The fraction of sp³-hybridized carbons (Fsp3) is 0.800. The van der Waals surface area contributed by atoms with E-state index in [-0.39, 0.29) is 12.8 Å². The Bertz CT molecular complexity index is 716. The molecule has 0 aliphatic carbocycles. The predicted octanol–water partition coefficient (Wildman–Crippen LogP) is 4.26. The van der Waals surface area contributed by atoms with Gasteiger partial charge in [0.2, 0.25) is 5.91 Å². The van der Waals surface area contributed by atoms with Gasteiger partial charge in [-0.1, -0.05) is 64.5 Å². The maximum atomic E-state index is 12.1. The number of carboxylic acid groups (broad SMARTS) is 1.